The summed E-state index contributed by atoms with van der Waals surface area (Å²) in [6.45, 7) is 4.69. The van der Waals surface area contributed by atoms with Crippen molar-refractivity contribution in [3.8, 4) is 5.75 Å². The maximum absolute atomic E-state index is 8.83. The molecule has 4 nitrogen and oxygen atoms in total. The molecule has 0 fully saturated rings. The fourth-order valence-electron chi connectivity index (χ4n) is 1.48. The molecule has 1 unspecified atom stereocenters. The van der Waals surface area contributed by atoms with Crippen LogP contribution in [0.2, 0.25) is 0 Å². The van der Waals surface area contributed by atoms with Crippen LogP contribution in [-0.4, -0.2) is 24.4 Å². The Morgan fingerprint density at radius 1 is 1.50 bits per heavy atom. The van der Waals surface area contributed by atoms with Gasteiger partial charge >= 0.3 is 0 Å². The summed E-state index contributed by atoms with van der Waals surface area (Å²) < 4.78 is 5.40. The van der Waals surface area contributed by atoms with Crippen LogP contribution >= 0.6 is 0 Å². The minimum Gasteiger partial charge on any atom is -0.492 e. The molecule has 0 radical (unpaired) electrons. The van der Waals surface area contributed by atoms with Crippen LogP contribution in [0, 0.1) is 0 Å². The van der Waals surface area contributed by atoms with E-state index in [4.69, 9.17) is 15.6 Å². The van der Waals surface area contributed by atoms with Gasteiger partial charge < -0.3 is 20.9 Å². The Bertz CT molecular complexity index is 329. The topological polar surface area (TPSA) is 67.5 Å². The molecule has 0 aromatic heterocycles. The predicted octanol–water partition coefficient (Wildman–Crippen LogP) is 1.85. The number of nitrogens with one attached hydrogen (secondary N) is 1. The smallest absolute Gasteiger partial charge is 0.144 e. The van der Waals surface area contributed by atoms with Gasteiger partial charge in [0.15, 0.2) is 0 Å². The first-order chi connectivity index (χ1) is 7.69. The molecule has 1 atom stereocenters. The summed E-state index contributed by atoms with van der Waals surface area (Å²) in [6.07, 6.45) is 0.693. The average Bonchev–Trinajstić information content (AvgIpc) is 2.24. The van der Waals surface area contributed by atoms with Crippen molar-refractivity contribution < 1.29 is 9.84 Å². The Morgan fingerprint density at radius 3 is 2.88 bits per heavy atom. The number of aliphatic hydroxyl groups excluding tert-OH is 1. The van der Waals surface area contributed by atoms with Gasteiger partial charge in [-0.15, -0.1) is 0 Å². The van der Waals surface area contributed by atoms with Crippen LogP contribution in [-0.2, 0) is 0 Å². The van der Waals surface area contributed by atoms with Gasteiger partial charge in [-0.1, -0.05) is 6.07 Å². The zero-order chi connectivity index (χ0) is 12.0. The Balaban J connectivity index is 2.76. The van der Waals surface area contributed by atoms with Crippen molar-refractivity contribution in [1.29, 1.82) is 0 Å². The van der Waals surface area contributed by atoms with E-state index in [9.17, 15) is 0 Å². The first-order valence-corrected chi connectivity index (χ1v) is 5.57. The van der Waals surface area contributed by atoms with Gasteiger partial charge in [0.2, 0.25) is 0 Å². The molecule has 0 aliphatic heterocycles. The van der Waals surface area contributed by atoms with Crippen molar-refractivity contribution >= 4 is 11.4 Å². The summed E-state index contributed by atoms with van der Waals surface area (Å²) in [4.78, 5) is 0. The lowest BCUT2D eigenvalue weighted by atomic mass is 10.2. The van der Waals surface area contributed by atoms with Crippen molar-refractivity contribution in [1.82, 2.24) is 0 Å². The largest absolute Gasteiger partial charge is 0.492 e. The van der Waals surface area contributed by atoms with E-state index in [0.717, 1.165) is 5.69 Å². The molecule has 0 amide bonds. The molecule has 0 aliphatic carbocycles. The fourth-order valence-corrected chi connectivity index (χ4v) is 1.48. The van der Waals surface area contributed by atoms with Crippen molar-refractivity contribution in [2.45, 2.75) is 26.3 Å². The van der Waals surface area contributed by atoms with Gasteiger partial charge in [-0.2, -0.15) is 0 Å². The van der Waals surface area contributed by atoms with E-state index < -0.39 is 0 Å². The van der Waals surface area contributed by atoms with E-state index in [1.165, 1.54) is 0 Å². The number of nitrogen functional groups attached to an aromatic ring is 1. The third-order valence-electron chi connectivity index (χ3n) is 2.33. The summed E-state index contributed by atoms with van der Waals surface area (Å²) in [5, 5.41) is 12.1. The second-order valence-corrected chi connectivity index (χ2v) is 3.71. The Morgan fingerprint density at radius 2 is 2.25 bits per heavy atom. The van der Waals surface area contributed by atoms with Crippen LogP contribution in [0.4, 0.5) is 11.4 Å². The molecule has 4 N–H and O–H groups in total. The number of ether oxygens (including phenoxy) is 1. The highest BCUT2D eigenvalue weighted by Gasteiger charge is 2.07. The van der Waals surface area contributed by atoms with Crippen molar-refractivity contribution in [3.63, 3.8) is 0 Å². The van der Waals surface area contributed by atoms with E-state index in [-0.39, 0.29) is 12.6 Å². The van der Waals surface area contributed by atoms with Crippen molar-refractivity contribution in [2.75, 3.05) is 24.3 Å². The number of benzene rings is 1. The molecule has 0 heterocycles. The average molecular weight is 224 g/mol. The molecule has 0 bridgehead atoms. The standard InChI is InChI=1S/C12H20N2O2/c1-3-16-11-6-4-5-10(12(11)13)14-9(2)7-8-15/h4-6,9,14-15H,3,7-8,13H2,1-2H3. The minimum absolute atomic E-state index is 0.166. The third-order valence-corrected chi connectivity index (χ3v) is 2.33. The van der Waals surface area contributed by atoms with E-state index in [1.807, 2.05) is 32.0 Å². The maximum Gasteiger partial charge on any atom is 0.144 e. The zero-order valence-corrected chi connectivity index (χ0v) is 9.86. The molecule has 0 saturated heterocycles. The maximum atomic E-state index is 8.83. The number of rotatable bonds is 6. The van der Waals surface area contributed by atoms with Crippen LogP contribution in [0.3, 0.4) is 0 Å². The molecule has 1 aromatic rings. The Labute approximate surface area is 96.4 Å². The predicted molar refractivity (Wildman–Crippen MR) is 66.8 cm³/mol. The van der Waals surface area contributed by atoms with Crippen LogP contribution in [0.5, 0.6) is 5.75 Å². The van der Waals surface area contributed by atoms with Gasteiger partial charge in [0.05, 0.1) is 18.0 Å². The molecule has 0 spiro atoms. The van der Waals surface area contributed by atoms with Gasteiger partial charge in [0, 0.05) is 12.6 Å². The molecule has 0 saturated carbocycles. The first-order valence-electron chi connectivity index (χ1n) is 5.57. The zero-order valence-electron chi connectivity index (χ0n) is 9.86. The quantitative estimate of drug-likeness (QED) is 0.645. The second-order valence-electron chi connectivity index (χ2n) is 3.71. The lowest BCUT2D eigenvalue weighted by Crippen LogP contribution is -2.17. The number of hydrogen-bond acceptors (Lipinski definition) is 4. The number of aliphatic hydroxyl groups is 1. The van der Waals surface area contributed by atoms with Crippen LogP contribution in [0.15, 0.2) is 18.2 Å². The third kappa shape index (κ3) is 3.31. The van der Waals surface area contributed by atoms with Gasteiger partial charge in [0.1, 0.15) is 5.75 Å². The fraction of sp³-hybridized carbons (Fsp3) is 0.500. The lowest BCUT2D eigenvalue weighted by molar-refractivity contribution is 0.282. The van der Waals surface area contributed by atoms with Crippen LogP contribution in [0.25, 0.3) is 0 Å². The molecular weight excluding hydrogens is 204 g/mol. The molecule has 4 heteroatoms. The summed E-state index contributed by atoms with van der Waals surface area (Å²) in [5.41, 5.74) is 7.44. The number of para-hydroxylation sites is 1. The molecule has 16 heavy (non-hydrogen) atoms. The molecule has 0 aliphatic rings. The highest BCUT2D eigenvalue weighted by atomic mass is 16.5. The number of anilines is 2. The van der Waals surface area contributed by atoms with Crippen LogP contribution < -0.4 is 15.8 Å². The molecule has 1 rings (SSSR count). The summed E-state index contributed by atoms with van der Waals surface area (Å²) in [5.74, 6) is 0.698. The monoisotopic (exact) mass is 224 g/mol. The Hall–Kier alpha value is -1.42. The van der Waals surface area contributed by atoms with Gasteiger partial charge in [-0.05, 0) is 32.4 Å². The molecule has 1 aromatic carbocycles. The highest BCUT2D eigenvalue weighted by Crippen LogP contribution is 2.29. The summed E-state index contributed by atoms with van der Waals surface area (Å²) >= 11 is 0. The van der Waals surface area contributed by atoms with Crippen LogP contribution in [0.1, 0.15) is 20.3 Å². The van der Waals surface area contributed by atoms with E-state index in [0.29, 0.717) is 24.5 Å². The molecular formula is C12H20N2O2. The summed E-state index contributed by atoms with van der Waals surface area (Å²) in [6, 6.07) is 5.84. The number of hydrogen-bond donors (Lipinski definition) is 3. The minimum atomic E-state index is 0.166. The van der Waals surface area contributed by atoms with E-state index in [2.05, 4.69) is 5.32 Å². The molecule has 90 valence electrons. The highest BCUT2D eigenvalue weighted by molar-refractivity contribution is 5.73. The first kappa shape index (κ1) is 12.6. The second kappa shape index (κ2) is 6.23. The Kier molecular flexibility index (Phi) is 4.92. The lowest BCUT2D eigenvalue weighted by Gasteiger charge is -2.17. The van der Waals surface area contributed by atoms with E-state index in [1.54, 1.807) is 0 Å². The van der Waals surface area contributed by atoms with E-state index >= 15 is 0 Å². The summed E-state index contributed by atoms with van der Waals surface area (Å²) in [7, 11) is 0. The SMILES string of the molecule is CCOc1cccc(NC(C)CCO)c1N. The van der Waals surface area contributed by atoms with Gasteiger partial charge in [-0.25, -0.2) is 0 Å². The van der Waals surface area contributed by atoms with Gasteiger partial charge in [0.25, 0.3) is 0 Å². The van der Waals surface area contributed by atoms with Gasteiger partial charge in [-0.3, -0.25) is 0 Å². The van der Waals surface area contributed by atoms with Crippen molar-refractivity contribution in [3.05, 3.63) is 18.2 Å². The number of nitrogens with two attached hydrogens (primary N) is 1. The van der Waals surface area contributed by atoms with Crippen molar-refractivity contribution in [2.24, 2.45) is 0 Å². The normalized spacial score (nSPS) is 12.2.